The molecule has 0 aliphatic rings. The number of ether oxygens (including phenoxy) is 1. The van der Waals surface area contributed by atoms with Gasteiger partial charge < -0.3 is 10.1 Å². The highest BCUT2D eigenvalue weighted by molar-refractivity contribution is 9.10. The monoisotopic (exact) mass is 522 g/mol. The van der Waals surface area contributed by atoms with Gasteiger partial charge in [0.05, 0.1) is 26.8 Å². The molecule has 0 aliphatic heterocycles. The van der Waals surface area contributed by atoms with Gasteiger partial charge in [0.25, 0.3) is 12.1 Å². The van der Waals surface area contributed by atoms with Crippen LogP contribution in [0.25, 0.3) is 0 Å². The number of non-ortho nitro benzene ring substituents is 1. The van der Waals surface area contributed by atoms with Gasteiger partial charge in [-0.25, -0.2) is 8.78 Å². The molecule has 0 saturated heterocycles. The Morgan fingerprint density at radius 3 is 2.52 bits per heavy atom. The molecule has 1 N–H and O–H groups in total. The van der Waals surface area contributed by atoms with Crippen LogP contribution in [0.4, 0.5) is 20.2 Å². The molecular formula is C22H21BrF2N4O4. The number of rotatable bonds is 7. The lowest BCUT2D eigenvalue weighted by atomic mass is 10.1. The number of nitro groups is 1. The van der Waals surface area contributed by atoms with Crippen molar-refractivity contribution in [2.75, 3.05) is 5.32 Å². The number of amides is 1. The molecule has 1 heterocycles. The lowest BCUT2D eigenvalue weighted by molar-refractivity contribution is -0.384. The van der Waals surface area contributed by atoms with E-state index >= 15 is 0 Å². The molecule has 174 valence electrons. The number of alkyl halides is 2. The topological polar surface area (TPSA) is 99.3 Å². The Hall–Kier alpha value is -3.34. The van der Waals surface area contributed by atoms with Crippen LogP contribution in [0.3, 0.4) is 0 Å². The van der Waals surface area contributed by atoms with Gasteiger partial charge >= 0.3 is 0 Å². The maximum Gasteiger partial charge on any atom is 0.283 e. The number of aromatic nitrogens is 2. The summed E-state index contributed by atoms with van der Waals surface area (Å²) in [4.78, 5) is 23.3. The van der Waals surface area contributed by atoms with Gasteiger partial charge in [-0.3, -0.25) is 19.6 Å². The lowest BCUT2D eigenvalue weighted by Crippen LogP contribution is -2.20. The maximum absolute atomic E-state index is 13.0. The first-order chi connectivity index (χ1) is 15.5. The van der Waals surface area contributed by atoms with Crippen molar-refractivity contribution in [1.82, 2.24) is 9.78 Å². The predicted octanol–water partition coefficient (Wildman–Crippen LogP) is 6.16. The summed E-state index contributed by atoms with van der Waals surface area (Å²) in [6.45, 7) is 6.91. The summed E-state index contributed by atoms with van der Waals surface area (Å²) in [5.41, 5.74) is 2.60. The van der Waals surface area contributed by atoms with Crippen LogP contribution in [0.15, 0.2) is 34.8 Å². The quantitative estimate of drug-likeness (QED) is 0.296. The highest BCUT2D eigenvalue weighted by Gasteiger charge is 2.21. The molecule has 0 aliphatic carbocycles. The van der Waals surface area contributed by atoms with E-state index in [9.17, 15) is 23.7 Å². The molecule has 0 unspecified atom stereocenters. The third kappa shape index (κ3) is 5.54. The summed E-state index contributed by atoms with van der Waals surface area (Å²) in [6, 6.07) is 7.72. The minimum absolute atomic E-state index is 0.125. The number of nitrogens with one attached hydrogen (secondary N) is 1. The lowest BCUT2D eigenvalue weighted by Gasteiger charge is -2.13. The van der Waals surface area contributed by atoms with Crippen LogP contribution in [0.5, 0.6) is 11.5 Å². The molecule has 33 heavy (non-hydrogen) atoms. The minimum atomic E-state index is -2.80. The first-order valence-electron chi connectivity index (χ1n) is 9.82. The van der Waals surface area contributed by atoms with Crippen molar-refractivity contribution in [1.29, 1.82) is 0 Å². The zero-order valence-corrected chi connectivity index (χ0v) is 19.9. The number of nitro benzene ring substituents is 1. The fourth-order valence-electron chi connectivity index (χ4n) is 3.23. The van der Waals surface area contributed by atoms with Crippen LogP contribution in [0.1, 0.15) is 34.5 Å². The van der Waals surface area contributed by atoms with Gasteiger partial charge in [0.15, 0.2) is 0 Å². The SMILES string of the molecule is Cc1cc(C)c(C)c(Oc2cc(NC(=O)Cn3nc(C(F)F)c(Br)c3C)cc([N+](=O)[O-])c2)c1. The summed E-state index contributed by atoms with van der Waals surface area (Å²) < 4.78 is 33.2. The average Bonchev–Trinajstić information content (AvgIpc) is 3.00. The van der Waals surface area contributed by atoms with E-state index in [1.54, 1.807) is 6.92 Å². The van der Waals surface area contributed by atoms with Crippen molar-refractivity contribution in [3.63, 3.8) is 0 Å². The summed E-state index contributed by atoms with van der Waals surface area (Å²) in [5, 5.41) is 17.7. The Bertz CT molecular complexity index is 1240. The third-order valence-electron chi connectivity index (χ3n) is 5.04. The van der Waals surface area contributed by atoms with E-state index in [-0.39, 0.29) is 28.1 Å². The Morgan fingerprint density at radius 2 is 1.91 bits per heavy atom. The molecule has 11 heteroatoms. The zero-order chi connectivity index (χ0) is 24.4. The van der Waals surface area contributed by atoms with Gasteiger partial charge in [-0.05, 0) is 66.4 Å². The number of nitrogens with zero attached hydrogens (tertiary/aromatic N) is 3. The summed E-state index contributed by atoms with van der Waals surface area (Å²) >= 11 is 3.05. The van der Waals surface area contributed by atoms with Crippen molar-refractivity contribution in [3.8, 4) is 11.5 Å². The Morgan fingerprint density at radius 1 is 1.21 bits per heavy atom. The van der Waals surface area contributed by atoms with E-state index < -0.39 is 22.9 Å². The summed E-state index contributed by atoms with van der Waals surface area (Å²) in [5.74, 6) is 0.121. The second-order valence-corrected chi connectivity index (χ2v) is 8.36. The van der Waals surface area contributed by atoms with Crippen LogP contribution in [0, 0.1) is 37.8 Å². The number of hydrogen-bond donors (Lipinski definition) is 1. The smallest absolute Gasteiger partial charge is 0.283 e. The number of aryl methyl sites for hydroxylation is 2. The molecule has 0 saturated carbocycles. The first-order valence-corrected chi connectivity index (χ1v) is 10.6. The molecule has 1 amide bonds. The summed E-state index contributed by atoms with van der Waals surface area (Å²) in [6.07, 6.45) is -2.80. The molecule has 0 atom stereocenters. The largest absolute Gasteiger partial charge is 0.457 e. The van der Waals surface area contributed by atoms with Crippen LogP contribution >= 0.6 is 15.9 Å². The Labute approximate surface area is 196 Å². The fourth-order valence-corrected chi connectivity index (χ4v) is 3.69. The zero-order valence-electron chi connectivity index (χ0n) is 18.3. The van der Waals surface area contributed by atoms with Gasteiger partial charge in [-0.1, -0.05) is 6.07 Å². The molecule has 8 nitrogen and oxygen atoms in total. The molecule has 3 rings (SSSR count). The number of hydrogen-bond acceptors (Lipinski definition) is 5. The van der Waals surface area contributed by atoms with Crippen molar-refractivity contribution < 1.29 is 23.2 Å². The summed E-state index contributed by atoms with van der Waals surface area (Å²) in [7, 11) is 0. The van der Waals surface area contributed by atoms with Crippen LogP contribution in [-0.4, -0.2) is 20.6 Å². The predicted molar refractivity (Wildman–Crippen MR) is 122 cm³/mol. The second-order valence-electron chi connectivity index (χ2n) is 7.57. The average molecular weight is 523 g/mol. The van der Waals surface area contributed by atoms with E-state index in [0.717, 1.165) is 21.4 Å². The molecule has 0 bridgehead atoms. The molecule has 0 radical (unpaired) electrons. The second kappa shape index (κ2) is 9.65. The first kappa shape index (κ1) is 24.3. The molecular weight excluding hydrogens is 502 g/mol. The van der Waals surface area contributed by atoms with Crippen molar-refractivity contribution >= 4 is 33.2 Å². The van der Waals surface area contributed by atoms with Crippen molar-refractivity contribution in [3.05, 3.63) is 73.0 Å². The highest BCUT2D eigenvalue weighted by Crippen LogP contribution is 2.33. The Kier molecular flexibility index (Phi) is 7.11. The van der Waals surface area contributed by atoms with Crippen LogP contribution in [-0.2, 0) is 11.3 Å². The van der Waals surface area contributed by atoms with E-state index in [4.69, 9.17) is 4.74 Å². The van der Waals surface area contributed by atoms with Gasteiger partial charge in [0.1, 0.15) is 23.7 Å². The van der Waals surface area contributed by atoms with Gasteiger partial charge in [-0.15, -0.1) is 0 Å². The van der Waals surface area contributed by atoms with E-state index in [1.165, 1.54) is 18.2 Å². The molecule has 0 fully saturated rings. The third-order valence-corrected chi connectivity index (χ3v) is 6.02. The standard InChI is InChI=1S/C22H21BrF2N4O4/c1-11-5-12(2)13(3)18(6-11)33-17-8-15(7-16(9-17)29(31)32)26-19(30)10-28-14(4)20(23)21(27-28)22(24)25/h5-9,22H,10H2,1-4H3,(H,26,30). The fraction of sp³-hybridized carbons (Fsp3) is 0.273. The van der Waals surface area contributed by atoms with Gasteiger partial charge in [0, 0.05) is 12.1 Å². The molecule has 1 aromatic heterocycles. The number of carbonyl (C=O) groups is 1. The molecule has 2 aromatic carbocycles. The number of carbonyl (C=O) groups excluding carboxylic acids is 1. The van der Waals surface area contributed by atoms with E-state index in [2.05, 4.69) is 26.3 Å². The number of anilines is 1. The van der Waals surface area contributed by atoms with Gasteiger partial charge in [0.2, 0.25) is 5.91 Å². The van der Waals surface area contributed by atoms with Crippen LogP contribution in [0.2, 0.25) is 0 Å². The normalized spacial score (nSPS) is 11.0. The highest BCUT2D eigenvalue weighted by atomic mass is 79.9. The molecule has 3 aromatic rings. The number of benzene rings is 2. The maximum atomic E-state index is 13.0. The Balaban J connectivity index is 1.86. The van der Waals surface area contributed by atoms with E-state index in [1.807, 2.05) is 32.9 Å². The molecule has 0 spiro atoms. The van der Waals surface area contributed by atoms with Crippen molar-refractivity contribution in [2.24, 2.45) is 0 Å². The minimum Gasteiger partial charge on any atom is -0.457 e. The van der Waals surface area contributed by atoms with Crippen LogP contribution < -0.4 is 10.1 Å². The van der Waals surface area contributed by atoms with Crippen molar-refractivity contribution in [2.45, 2.75) is 40.7 Å². The number of halogens is 3. The van der Waals surface area contributed by atoms with E-state index in [0.29, 0.717) is 11.4 Å². The van der Waals surface area contributed by atoms with Gasteiger partial charge in [-0.2, -0.15) is 5.10 Å².